The number of halogens is 2. The molecule has 0 spiro atoms. The van der Waals surface area contributed by atoms with Crippen LogP contribution in [0.25, 0.3) is 0 Å². The third-order valence-corrected chi connectivity index (χ3v) is 3.21. The van der Waals surface area contributed by atoms with Gasteiger partial charge < -0.3 is 0 Å². The normalized spacial score (nSPS) is 13.8. The van der Waals surface area contributed by atoms with Crippen LogP contribution in [0.4, 0.5) is 4.39 Å². The molecule has 0 saturated heterocycles. The molecule has 1 unspecified atom stereocenters. The Kier molecular flexibility index (Phi) is 4.18. The molecule has 4 nitrogen and oxygen atoms in total. The van der Waals surface area contributed by atoms with Gasteiger partial charge in [0.25, 0.3) is 10.0 Å². The van der Waals surface area contributed by atoms with Crippen molar-refractivity contribution in [2.75, 3.05) is 6.54 Å². The molecule has 84 valence electrons. The summed E-state index contributed by atoms with van der Waals surface area (Å²) in [6, 6.07) is 2.39. The molecule has 0 aliphatic heterocycles. The van der Waals surface area contributed by atoms with E-state index in [1.807, 2.05) is 0 Å². The fraction of sp³-hybridized carbons (Fsp3) is 0.375. The number of nitrogens with one attached hydrogen (secondary N) is 1. The van der Waals surface area contributed by atoms with Crippen molar-refractivity contribution in [3.63, 3.8) is 0 Å². The molecule has 0 aliphatic carbocycles. The molecule has 0 radical (unpaired) electrons. The van der Waals surface area contributed by atoms with Crippen LogP contribution in [0.2, 0.25) is 0 Å². The third kappa shape index (κ3) is 3.51. The number of hydrogen-bond donors (Lipinski definition) is 1. The third-order valence-electron chi connectivity index (χ3n) is 1.53. The highest BCUT2D eigenvalue weighted by atomic mass is 79.9. The first-order valence-corrected chi connectivity index (χ1v) is 6.57. The topological polar surface area (TPSA) is 59.1 Å². The highest BCUT2D eigenvalue weighted by molar-refractivity contribution is 9.09. The van der Waals surface area contributed by atoms with E-state index in [9.17, 15) is 12.8 Å². The molecular weight excluding hydrogens is 287 g/mol. The number of sulfonamides is 1. The number of alkyl halides is 1. The molecule has 15 heavy (non-hydrogen) atoms. The van der Waals surface area contributed by atoms with E-state index >= 15 is 0 Å². The van der Waals surface area contributed by atoms with Crippen LogP contribution < -0.4 is 4.72 Å². The van der Waals surface area contributed by atoms with Gasteiger partial charge in [0.15, 0.2) is 5.82 Å². The average molecular weight is 297 g/mol. The van der Waals surface area contributed by atoms with Crippen molar-refractivity contribution < 1.29 is 12.8 Å². The van der Waals surface area contributed by atoms with Crippen LogP contribution in [0.3, 0.4) is 0 Å². The second-order valence-corrected chi connectivity index (χ2v) is 6.17. The van der Waals surface area contributed by atoms with Crippen molar-refractivity contribution >= 4 is 26.0 Å². The Balaban J connectivity index is 2.92. The maximum Gasteiger partial charge on any atom is 0.261 e. The van der Waals surface area contributed by atoms with Crippen molar-refractivity contribution in [1.82, 2.24) is 9.71 Å². The Morgan fingerprint density at radius 2 is 2.33 bits per heavy atom. The summed E-state index contributed by atoms with van der Waals surface area (Å²) in [6.45, 7) is 1.95. The van der Waals surface area contributed by atoms with Crippen molar-refractivity contribution in [3.05, 3.63) is 24.1 Å². The predicted octanol–water partition coefficient (Wildman–Crippen LogP) is 1.28. The summed E-state index contributed by atoms with van der Waals surface area (Å²) in [5, 5.41) is -0.571. The number of pyridine rings is 1. The average Bonchev–Trinajstić information content (AvgIpc) is 2.15. The first-order chi connectivity index (χ1) is 6.93. The summed E-state index contributed by atoms with van der Waals surface area (Å²) >= 11 is 3.18. The van der Waals surface area contributed by atoms with Crippen LogP contribution in [0.1, 0.15) is 6.92 Å². The van der Waals surface area contributed by atoms with E-state index in [0.717, 1.165) is 6.07 Å². The maximum absolute atomic E-state index is 13.1. The minimum atomic E-state index is -3.85. The monoisotopic (exact) mass is 296 g/mol. The van der Waals surface area contributed by atoms with Crippen molar-refractivity contribution in [1.29, 1.82) is 0 Å². The number of hydrogen-bond acceptors (Lipinski definition) is 3. The lowest BCUT2D eigenvalue weighted by Crippen LogP contribution is -2.29. The van der Waals surface area contributed by atoms with Crippen molar-refractivity contribution in [2.24, 2.45) is 0 Å². The maximum atomic E-state index is 13.1. The van der Waals surface area contributed by atoms with Gasteiger partial charge in [-0.05, 0) is 12.1 Å². The summed E-state index contributed by atoms with van der Waals surface area (Å²) < 4.78 is 38.4. The molecule has 1 aromatic heterocycles. The smallest absolute Gasteiger partial charge is 0.241 e. The Bertz CT molecular complexity index is 436. The van der Waals surface area contributed by atoms with Gasteiger partial charge in [-0.25, -0.2) is 22.5 Å². The lowest BCUT2D eigenvalue weighted by molar-refractivity contribution is 0.545. The summed E-state index contributed by atoms with van der Waals surface area (Å²) in [4.78, 5) is 3.46. The Morgan fingerprint density at radius 1 is 1.67 bits per heavy atom. The summed E-state index contributed by atoms with van der Waals surface area (Å²) in [6.07, 6.45) is 1.23. The van der Waals surface area contributed by atoms with Gasteiger partial charge in [0.05, 0.1) is 0 Å². The molecule has 0 fully saturated rings. The quantitative estimate of drug-likeness (QED) is 0.852. The predicted molar refractivity (Wildman–Crippen MR) is 57.8 cm³/mol. The molecular formula is C8H10BrFN2O2S. The first kappa shape index (κ1) is 12.5. The van der Waals surface area contributed by atoms with E-state index in [1.54, 1.807) is 6.92 Å². The first-order valence-electron chi connectivity index (χ1n) is 4.18. The Morgan fingerprint density at radius 3 is 2.87 bits per heavy atom. The molecule has 0 aliphatic rings. The van der Waals surface area contributed by atoms with Gasteiger partial charge in [0.2, 0.25) is 5.03 Å². The molecule has 0 saturated carbocycles. The second-order valence-electron chi connectivity index (χ2n) is 2.92. The molecule has 1 rings (SSSR count). The van der Waals surface area contributed by atoms with Gasteiger partial charge in [-0.15, -0.1) is 0 Å². The van der Waals surface area contributed by atoms with Crippen LogP contribution in [-0.4, -0.2) is 24.8 Å². The lowest BCUT2D eigenvalue weighted by atomic mass is 10.5. The molecule has 7 heteroatoms. The Labute approximate surface area is 96.1 Å². The summed E-state index contributed by atoms with van der Waals surface area (Å²) in [7, 11) is -3.85. The van der Waals surface area contributed by atoms with Gasteiger partial charge in [-0.3, -0.25) is 0 Å². The van der Waals surface area contributed by atoms with Crippen LogP contribution >= 0.6 is 15.9 Å². The number of rotatable bonds is 4. The fourth-order valence-corrected chi connectivity index (χ4v) is 2.37. The van der Waals surface area contributed by atoms with Crippen LogP contribution in [0, 0.1) is 5.82 Å². The second kappa shape index (κ2) is 5.00. The molecule has 0 amide bonds. The number of nitrogens with zero attached hydrogens (tertiary/aromatic N) is 1. The van der Waals surface area contributed by atoms with Crippen LogP contribution in [0.15, 0.2) is 23.4 Å². The zero-order chi connectivity index (χ0) is 11.5. The van der Waals surface area contributed by atoms with E-state index < -0.39 is 20.9 Å². The molecule has 1 aromatic rings. The minimum absolute atomic E-state index is 0.0287. The Hall–Kier alpha value is -0.530. The molecule has 1 heterocycles. The molecule has 1 N–H and O–H groups in total. The van der Waals surface area contributed by atoms with Crippen molar-refractivity contribution in [2.45, 2.75) is 16.8 Å². The van der Waals surface area contributed by atoms with E-state index in [4.69, 9.17) is 0 Å². The van der Waals surface area contributed by atoms with E-state index in [2.05, 4.69) is 25.6 Å². The highest BCUT2D eigenvalue weighted by Gasteiger charge is 2.20. The van der Waals surface area contributed by atoms with E-state index in [-0.39, 0.29) is 11.4 Å². The van der Waals surface area contributed by atoms with Crippen molar-refractivity contribution in [3.8, 4) is 0 Å². The van der Waals surface area contributed by atoms with Gasteiger partial charge in [0.1, 0.15) is 0 Å². The molecule has 0 aromatic carbocycles. The SMILES string of the molecule is CC(Br)CNS(=O)(=O)c1ncccc1F. The van der Waals surface area contributed by atoms with Crippen LogP contribution in [0.5, 0.6) is 0 Å². The highest BCUT2D eigenvalue weighted by Crippen LogP contribution is 2.09. The number of aromatic nitrogens is 1. The molecule has 1 atom stereocenters. The van der Waals surface area contributed by atoms with Gasteiger partial charge >= 0.3 is 0 Å². The zero-order valence-electron chi connectivity index (χ0n) is 7.94. The van der Waals surface area contributed by atoms with Gasteiger partial charge in [-0.1, -0.05) is 22.9 Å². The van der Waals surface area contributed by atoms with Crippen LogP contribution in [-0.2, 0) is 10.0 Å². The molecule has 0 bridgehead atoms. The zero-order valence-corrected chi connectivity index (χ0v) is 10.3. The standard InChI is InChI=1S/C8H10BrFN2O2S/c1-6(9)5-12-15(13,14)8-7(10)3-2-4-11-8/h2-4,6,12H,5H2,1H3. The summed E-state index contributed by atoms with van der Waals surface area (Å²) in [5.74, 6) is -0.854. The largest absolute Gasteiger partial charge is 0.261 e. The van der Waals surface area contributed by atoms with Gasteiger partial charge in [-0.2, -0.15) is 0 Å². The van der Waals surface area contributed by atoms with Gasteiger partial charge in [0, 0.05) is 17.6 Å². The van der Waals surface area contributed by atoms with E-state index in [1.165, 1.54) is 12.3 Å². The van der Waals surface area contributed by atoms with E-state index in [0.29, 0.717) is 0 Å². The minimum Gasteiger partial charge on any atom is -0.241 e. The lowest BCUT2D eigenvalue weighted by Gasteiger charge is -2.07. The fourth-order valence-electron chi connectivity index (χ4n) is 0.862. The summed E-state index contributed by atoms with van der Waals surface area (Å²) in [5.41, 5.74) is 0.